The first kappa shape index (κ1) is 19.5. The highest BCUT2D eigenvalue weighted by Crippen LogP contribution is 2.37. The molecule has 4 N–H and O–H groups in total. The number of nitrogens with one attached hydrogen (secondary N) is 4. The van der Waals surface area contributed by atoms with E-state index in [9.17, 15) is 13.2 Å². The van der Waals surface area contributed by atoms with Crippen molar-refractivity contribution in [3.63, 3.8) is 0 Å². The van der Waals surface area contributed by atoms with Gasteiger partial charge in [0.25, 0.3) is 0 Å². The topological polar surface area (TPSA) is 138 Å². The van der Waals surface area contributed by atoms with Crippen molar-refractivity contribution in [3.8, 4) is 0 Å². The number of nitrogens with zero attached hydrogens (tertiary/aromatic N) is 2. The van der Waals surface area contributed by atoms with Crippen LogP contribution in [0, 0.1) is 0 Å². The van der Waals surface area contributed by atoms with Gasteiger partial charge in [0.05, 0.1) is 11.4 Å². The van der Waals surface area contributed by atoms with Crippen molar-refractivity contribution < 1.29 is 17.9 Å². The molecule has 2 aromatic heterocycles. The van der Waals surface area contributed by atoms with E-state index >= 15 is 0 Å². The van der Waals surface area contributed by atoms with Crippen LogP contribution in [0.4, 0.5) is 22.1 Å². The number of pyridine rings is 1. The summed E-state index contributed by atoms with van der Waals surface area (Å²) in [5, 5.41) is 13.1. The summed E-state index contributed by atoms with van der Waals surface area (Å²) >= 11 is 0. The summed E-state index contributed by atoms with van der Waals surface area (Å²) in [5.74, 6) is 1.13. The van der Waals surface area contributed by atoms with Crippen LogP contribution in [-0.2, 0) is 20.5 Å². The molecule has 1 aliphatic heterocycles. The molecule has 29 heavy (non-hydrogen) atoms. The molecule has 11 heteroatoms. The van der Waals surface area contributed by atoms with Crippen molar-refractivity contribution >= 4 is 33.4 Å². The second kappa shape index (κ2) is 7.54. The molecular formula is C18H24N6O4S. The standard InChI is InChI=1S/C18H24N6O4S/c1-10(2)20-18(25)28-12-4-3-11(7-12)15-8-16(23-22-15)21-17-13-9-29(26,27)24-14(13)5-6-19-17/h5-6,8,10-12,24H,3-4,7,9H2,1-2H3,(H,20,25)(H2,19,21,22,23). The minimum atomic E-state index is -3.36. The van der Waals surface area contributed by atoms with Gasteiger partial charge in [0.15, 0.2) is 5.82 Å². The Labute approximate surface area is 168 Å². The highest BCUT2D eigenvalue weighted by molar-refractivity contribution is 7.92. The SMILES string of the molecule is CC(C)NC(=O)OC1CCC(c2cc(Nc3nccc4c3CS(=O)(=O)N4)n[nH]2)C1. The predicted molar refractivity (Wildman–Crippen MR) is 107 cm³/mol. The Morgan fingerprint density at radius 3 is 2.97 bits per heavy atom. The Balaban J connectivity index is 1.39. The zero-order valence-electron chi connectivity index (χ0n) is 16.2. The molecular weight excluding hydrogens is 396 g/mol. The Hall–Kier alpha value is -2.82. The monoisotopic (exact) mass is 420 g/mol. The Morgan fingerprint density at radius 2 is 2.17 bits per heavy atom. The lowest BCUT2D eigenvalue weighted by molar-refractivity contribution is 0.0981. The van der Waals surface area contributed by atoms with E-state index in [0.717, 1.165) is 25.0 Å². The molecule has 10 nitrogen and oxygen atoms in total. The maximum absolute atomic E-state index is 11.8. The average molecular weight is 420 g/mol. The number of alkyl carbamates (subject to hydrolysis) is 1. The van der Waals surface area contributed by atoms with Gasteiger partial charge in [0.2, 0.25) is 10.0 Å². The van der Waals surface area contributed by atoms with Gasteiger partial charge in [0, 0.05) is 35.5 Å². The predicted octanol–water partition coefficient (Wildman–Crippen LogP) is 2.57. The van der Waals surface area contributed by atoms with Crippen LogP contribution >= 0.6 is 0 Å². The molecule has 0 spiro atoms. The van der Waals surface area contributed by atoms with E-state index < -0.39 is 10.0 Å². The number of hydrogen-bond donors (Lipinski definition) is 4. The van der Waals surface area contributed by atoms with Gasteiger partial charge in [-0.25, -0.2) is 18.2 Å². The third-order valence-corrected chi connectivity index (χ3v) is 6.20. The van der Waals surface area contributed by atoms with Crippen LogP contribution in [0.2, 0.25) is 0 Å². The van der Waals surface area contributed by atoms with Gasteiger partial charge in [-0.1, -0.05) is 0 Å². The van der Waals surface area contributed by atoms with E-state index in [4.69, 9.17) is 4.74 Å². The molecule has 1 amide bonds. The number of amides is 1. The number of carbonyl (C=O) groups excluding carboxylic acids is 1. The van der Waals surface area contributed by atoms with Gasteiger partial charge < -0.3 is 15.4 Å². The van der Waals surface area contributed by atoms with Gasteiger partial charge in [0.1, 0.15) is 11.9 Å². The fourth-order valence-corrected chi connectivity index (χ4v) is 4.99. The van der Waals surface area contributed by atoms with Crippen LogP contribution in [0.15, 0.2) is 18.3 Å². The lowest BCUT2D eigenvalue weighted by atomic mass is 10.0. The summed E-state index contributed by atoms with van der Waals surface area (Å²) in [6.07, 6.45) is 3.47. The molecule has 3 heterocycles. The van der Waals surface area contributed by atoms with Crippen molar-refractivity contribution in [1.82, 2.24) is 20.5 Å². The van der Waals surface area contributed by atoms with Crippen LogP contribution in [-0.4, -0.2) is 41.8 Å². The molecule has 2 aliphatic rings. The molecule has 1 saturated carbocycles. The molecule has 156 valence electrons. The highest BCUT2D eigenvalue weighted by atomic mass is 32.2. The Morgan fingerprint density at radius 1 is 1.34 bits per heavy atom. The Bertz CT molecular complexity index is 1020. The van der Waals surface area contributed by atoms with Crippen LogP contribution in [0.5, 0.6) is 0 Å². The summed E-state index contributed by atoms with van der Waals surface area (Å²) in [6, 6.07) is 3.56. The first-order valence-electron chi connectivity index (χ1n) is 9.57. The first-order chi connectivity index (χ1) is 13.8. The quantitative estimate of drug-likeness (QED) is 0.583. The molecule has 1 fully saturated rings. The van der Waals surface area contributed by atoms with E-state index in [-0.39, 0.29) is 29.9 Å². The van der Waals surface area contributed by atoms with Gasteiger partial charge in [-0.05, 0) is 39.2 Å². The third-order valence-electron chi connectivity index (χ3n) is 5.00. The summed E-state index contributed by atoms with van der Waals surface area (Å²) in [6.45, 7) is 3.78. The number of aromatic amines is 1. The van der Waals surface area contributed by atoms with Gasteiger partial charge in [-0.2, -0.15) is 5.10 Å². The summed E-state index contributed by atoms with van der Waals surface area (Å²) in [7, 11) is -3.36. The molecule has 0 bridgehead atoms. The van der Waals surface area contributed by atoms with Crippen molar-refractivity contribution in [2.75, 3.05) is 10.0 Å². The lowest BCUT2D eigenvalue weighted by Gasteiger charge is -2.14. The van der Waals surface area contributed by atoms with Gasteiger partial charge >= 0.3 is 6.09 Å². The second-order valence-electron chi connectivity index (χ2n) is 7.72. The number of anilines is 3. The van der Waals surface area contributed by atoms with Crippen LogP contribution in [0.3, 0.4) is 0 Å². The third kappa shape index (κ3) is 4.44. The van der Waals surface area contributed by atoms with E-state index in [2.05, 4.69) is 30.5 Å². The zero-order valence-corrected chi connectivity index (χ0v) is 17.0. The molecule has 2 aromatic rings. The minimum absolute atomic E-state index is 0.0409. The summed E-state index contributed by atoms with van der Waals surface area (Å²) in [5.41, 5.74) is 2.08. The number of aromatic nitrogens is 3. The number of hydrogen-bond acceptors (Lipinski definition) is 7. The number of H-pyrrole nitrogens is 1. The zero-order chi connectivity index (χ0) is 20.6. The molecule has 4 rings (SSSR count). The van der Waals surface area contributed by atoms with Crippen molar-refractivity contribution in [2.45, 2.75) is 56.9 Å². The number of fused-ring (bicyclic) bond motifs is 1. The first-order valence-corrected chi connectivity index (χ1v) is 11.2. The summed E-state index contributed by atoms with van der Waals surface area (Å²) < 4.78 is 31.6. The van der Waals surface area contributed by atoms with Crippen molar-refractivity contribution in [3.05, 3.63) is 29.6 Å². The fourth-order valence-electron chi connectivity index (χ4n) is 3.72. The van der Waals surface area contributed by atoms with Crippen LogP contribution in [0.25, 0.3) is 0 Å². The maximum atomic E-state index is 11.8. The number of sulfonamides is 1. The molecule has 0 saturated heterocycles. The Kier molecular flexibility index (Phi) is 5.07. The lowest BCUT2D eigenvalue weighted by Crippen LogP contribution is -2.33. The molecule has 2 atom stereocenters. The largest absolute Gasteiger partial charge is 0.446 e. The average Bonchev–Trinajstić information content (AvgIpc) is 3.32. The van der Waals surface area contributed by atoms with Crippen molar-refractivity contribution in [1.29, 1.82) is 0 Å². The normalized spacial score (nSPS) is 22.2. The van der Waals surface area contributed by atoms with Crippen LogP contribution in [0.1, 0.15) is 50.3 Å². The number of carbonyl (C=O) groups is 1. The van der Waals surface area contributed by atoms with Crippen LogP contribution < -0.4 is 15.4 Å². The molecule has 2 unspecified atom stereocenters. The fraction of sp³-hybridized carbons (Fsp3) is 0.500. The molecule has 0 aromatic carbocycles. The smallest absolute Gasteiger partial charge is 0.407 e. The summed E-state index contributed by atoms with van der Waals surface area (Å²) in [4.78, 5) is 16.0. The van der Waals surface area contributed by atoms with E-state index in [0.29, 0.717) is 22.9 Å². The van der Waals surface area contributed by atoms with E-state index in [1.807, 2.05) is 19.9 Å². The van der Waals surface area contributed by atoms with E-state index in [1.54, 1.807) is 12.3 Å². The van der Waals surface area contributed by atoms with Gasteiger partial charge in [-0.15, -0.1) is 0 Å². The maximum Gasteiger partial charge on any atom is 0.407 e. The molecule has 1 aliphatic carbocycles. The van der Waals surface area contributed by atoms with Crippen molar-refractivity contribution in [2.24, 2.45) is 0 Å². The highest BCUT2D eigenvalue weighted by Gasteiger charge is 2.31. The number of rotatable bonds is 5. The molecule has 0 radical (unpaired) electrons. The number of ether oxygens (including phenoxy) is 1. The minimum Gasteiger partial charge on any atom is -0.446 e. The van der Waals surface area contributed by atoms with E-state index in [1.165, 1.54) is 0 Å². The van der Waals surface area contributed by atoms with Gasteiger partial charge in [-0.3, -0.25) is 9.82 Å². The second-order valence-corrected chi connectivity index (χ2v) is 9.44.